The zero-order valence-corrected chi connectivity index (χ0v) is 18.2. The number of aromatic nitrogens is 1. The SMILES string of the molecule is Cc1ccc(C(=O)N/C(N)=N\c2cc(C(C)c3ccc(-c4ccccc4)c(F)c3)no2)cc1. The Labute approximate surface area is 191 Å². The Balaban J connectivity index is 1.46. The van der Waals surface area contributed by atoms with Crippen LogP contribution in [0.5, 0.6) is 0 Å². The van der Waals surface area contributed by atoms with Crippen molar-refractivity contribution < 1.29 is 13.7 Å². The van der Waals surface area contributed by atoms with Gasteiger partial charge in [0.2, 0.25) is 5.96 Å². The summed E-state index contributed by atoms with van der Waals surface area (Å²) in [6, 6.07) is 23.2. The molecule has 1 heterocycles. The second-order valence-corrected chi connectivity index (χ2v) is 7.73. The van der Waals surface area contributed by atoms with Gasteiger partial charge in [-0.05, 0) is 36.2 Å². The van der Waals surface area contributed by atoms with Gasteiger partial charge in [-0.2, -0.15) is 4.99 Å². The van der Waals surface area contributed by atoms with Crippen molar-refractivity contribution in [3.63, 3.8) is 0 Å². The van der Waals surface area contributed by atoms with Crippen molar-refractivity contribution in [2.75, 3.05) is 0 Å². The largest absolute Gasteiger partial charge is 0.369 e. The number of rotatable bonds is 5. The molecule has 0 aliphatic rings. The van der Waals surface area contributed by atoms with Crippen LogP contribution in [0.25, 0.3) is 11.1 Å². The second kappa shape index (κ2) is 9.48. The van der Waals surface area contributed by atoms with Crippen molar-refractivity contribution in [2.24, 2.45) is 10.7 Å². The summed E-state index contributed by atoms with van der Waals surface area (Å²) in [5, 5.41) is 6.55. The average molecular weight is 442 g/mol. The van der Waals surface area contributed by atoms with E-state index in [1.165, 1.54) is 6.07 Å². The quantitative estimate of drug-likeness (QED) is 0.323. The van der Waals surface area contributed by atoms with Gasteiger partial charge in [-0.1, -0.05) is 72.2 Å². The number of aliphatic imine (C=N–C) groups is 1. The minimum atomic E-state index is -0.377. The minimum Gasteiger partial charge on any atom is -0.369 e. The number of carbonyl (C=O) groups excluding carboxylic acids is 1. The van der Waals surface area contributed by atoms with Gasteiger partial charge in [0.1, 0.15) is 5.82 Å². The molecule has 0 spiro atoms. The number of hydrogen-bond acceptors (Lipinski definition) is 4. The number of carbonyl (C=O) groups is 1. The highest BCUT2D eigenvalue weighted by Crippen LogP contribution is 2.30. The zero-order valence-electron chi connectivity index (χ0n) is 18.2. The van der Waals surface area contributed by atoms with Crippen molar-refractivity contribution >= 4 is 17.8 Å². The molecule has 3 aromatic carbocycles. The summed E-state index contributed by atoms with van der Waals surface area (Å²) >= 11 is 0. The normalized spacial score (nSPS) is 12.4. The summed E-state index contributed by atoms with van der Waals surface area (Å²) in [7, 11) is 0. The van der Waals surface area contributed by atoms with Gasteiger partial charge in [0.25, 0.3) is 11.8 Å². The molecule has 166 valence electrons. The number of halogens is 1. The van der Waals surface area contributed by atoms with Crippen LogP contribution in [-0.2, 0) is 0 Å². The van der Waals surface area contributed by atoms with Crippen LogP contribution in [0, 0.1) is 12.7 Å². The summed E-state index contributed by atoms with van der Waals surface area (Å²) in [6.45, 7) is 3.83. The Bertz CT molecular complexity index is 1300. The summed E-state index contributed by atoms with van der Waals surface area (Å²) in [4.78, 5) is 16.3. The third kappa shape index (κ3) is 5.15. The fraction of sp³-hybridized carbons (Fsp3) is 0.115. The van der Waals surface area contributed by atoms with E-state index < -0.39 is 0 Å². The number of hydrogen-bond donors (Lipinski definition) is 2. The van der Waals surface area contributed by atoms with E-state index in [0.29, 0.717) is 16.8 Å². The molecular weight excluding hydrogens is 419 g/mol. The third-order valence-electron chi connectivity index (χ3n) is 5.32. The van der Waals surface area contributed by atoms with E-state index in [-0.39, 0.29) is 29.5 Å². The van der Waals surface area contributed by atoms with E-state index >= 15 is 0 Å². The highest BCUT2D eigenvalue weighted by molar-refractivity contribution is 6.05. The number of amides is 1. The molecule has 6 nitrogen and oxygen atoms in total. The predicted octanol–water partition coefficient (Wildman–Crippen LogP) is 5.32. The monoisotopic (exact) mass is 442 g/mol. The van der Waals surface area contributed by atoms with E-state index in [1.807, 2.05) is 62.4 Å². The molecule has 4 aromatic rings. The van der Waals surface area contributed by atoms with Crippen molar-refractivity contribution in [2.45, 2.75) is 19.8 Å². The smallest absolute Gasteiger partial charge is 0.257 e. The van der Waals surface area contributed by atoms with Crippen molar-refractivity contribution in [1.29, 1.82) is 0 Å². The molecule has 0 radical (unpaired) electrons. The first-order valence-corrected chi connectivity index (χ1v) is 10.4. The van der Waals surface area contributed by atoms with Gasteiger partial charge in [-0.25, -0.2) is 4.39 Å². The molecule has 7 heteroatoms. The van der Waals surface area contributed by atoms with Crippen molar-refractivity contribution in [1.82, 2.24) is 10.5 Å². The summed E-state index contributed by atoms with van der Waals surface area (Å²) in [5.41, 5.74) is 10.0. The molecule has 0 saturated carbocycles. The topological polar surface area (TPSA) is 93.5 Å². The highest BCUT2D eigenvalue weighted by Gasteiger charge is 2.17. The predicted molar refractivity (Wildman–Crippen MR) is 126 cm³/mol. The molecule has 1 unspecified atom stereocenters. The van der Waals surface area contributed by atoms with Crippen LogP contribution in [0.2, 0.25) is 0 Å². The molecule has 0 aliphatic heterocycles. The van der Waals surface area contributed by atoms with E-state index in [1.54, 1.807) is 24.3 Å². The molecule has 1 atom stereocenters. The lowest BCUT2D eigenvalue weighted by Crippen LogP contribution is -2.36. The number of guanidine groups is 1. The molecule has 3 N–H and O–H groups in total. The Morgan fingerprint density at radius 3 is 2.48 bits per heavy atom. The molecule has 1 amide bonds. The first kappa shape index (κ1) is 22.0. The molecule has 33 heavy (non-hydrogen) atoms. The van der Waals surface area contributed by atoms with Crippen LogP contribution in [-0.4, -0.2) is 17.0 Å². The number of benzene rings is 3. The van der Waals surface area contributed by atoms with Gasteiger partial charge in [0, 0.05) is 23.1 Å². The first-order chi connectivity index (χ1) is 15.9. The van der Waals surface area contributed by atoms with E-state index in [0.717, 1.165) is 16.7 Å². The van der Waals surface area contributed by atoms with E-state index in [4.69, 9.17) is 10.3 Å². The van der Waals surface area contributed by atoms with Crippen LogP contribution >= 0.6 is 0 Å². The van der Waals surface area contributed by atoms with E-state index in [2.05, 4.69) is 15.5 Å². The maximum atomic E-state index is 14.8. The van der Waals surface area contributed by atoms with Gasteiger partial charge < -0.3 is 10.3 Å². The van der Waals surface area contributed by atoms with Gasteiger partial charge >= 0.3 is 0 Å². The van der Waals surface area contributed by atoms with Crippen molar-refractivity contribution in [3.8, 4) is 11.1 Å². The summed E-state index contributed by atoms with van der Waals surface area (Å²) in [6.07, 6.45) is 0. The van der Waals surface area contributed by atoms with Crippen LogP contribution in [0.3, 0.4) is 0 Å². The number of nitrogens with zero attached hydrogens (tertiary/aromatic N) is 2. The molecular formula is C26H23FN4O2. The minimum absolute atomic E-state index is 0.116. The van der Waals surface area contributed by atoms with Gasteiger partial charge in [-0.15, -0.1) is 0 Å². The van der Waals surface area contributed by atoms with Crippen LogP contribution in [0.1, 0.15) is 40.0 Å². The van der Waals surface area contributed by atoms with Crippen LogP contribution in [0.4, 0.5) is 10.3 Å². The van der Waals surface area contributed by atoms with Gasteiger partial charge in [0.05, 0.1) is 5.69 Å². The molecule has 0 fully saturated rings. The first-order valence-electron chi connectivity index (χ1n) is 10.4. The zero-order chi connectivity index (χ0) is 23.4. The molecule has 4 rings (SSSR count). The Kier molecular flexibility index (Phi) is 6.31. The lowest BCUT2D eigenvalue weighted by Gasteiger charge is -2.11. The number of aryl methyl sites for hydroxylation is 1. The molecule has 0 aliphatic carbocycles. The molecule has 0 saturated heterocycles. The average Bonchev–Trinajstić information content (AvgIpc) is 3.27. The highest BCUT2D eigenvalue weighted by atomic mass is 19.1. The lowest BCUT2D eigenvalue weighted by molar-refractivity contribution is 0.0976. The fourth-order valence-corrected chi connectivity index (χ4v) is 3.40. The Hall–Kier alpha value is -4.26. The van der Waals surface area contributed by atoms with Gasteiger partial charge in [0.15, 0.2) is 0 Å². The standard InChI is InChI=1S/C26H23FN4O2/c1-16-8-10-19(11-9-16)25(32)30-26(28)29-24-15-23(31-33-24)17(2)20-12-13-21(22(27)14-20)18-6-4-3-5-7-18/h3-15,17H,1-2H3,(H3,28,29,30,32). The second-order valence-electron chi connectivity index (χ2n) is 7.73. The van der Waals surface area contributed by atoms with Gasteiger partial charge in [-0.3, -0.25) is 10.1 Å². The Morgan fingerprint density at radius 2 is 1.79 bits per heavy atom. The molecule has 1 aromatic heterocycles. The number of nitrogens with two attached hydrogens (primary N) is 1. The maximum absolute atomic E-state index is 14.8. The third-order valence-corrected chi connectivity index (χ3v) is 5.32. The maximum Gasteiger partial charge on any atom is 0.257 e. The fourth-order valence-electron chi connectivity index (χ4n) is 3.40. The molecule has 0 bridgehead atoms. The van der Waals surface area contributed by atoms with E-state index in [9.17, 15) is 9.18 Å². The lowest BCUT2D eigenvalue weighted by atomic mass is 9.95. The summed E-state index contributed by atoms with van der Waals surface area (Å²) in [5.74, 6) is -0.900. The Morgan fingerprint density at radius 1 is 1.06 bits per heavy atom. The summed E-state index contributed by atoms with van der Waals surface area (Å²) < 4.78 is 20.0. The number of nitrogens with one attached hydrogen (secondary N) is 1. The van der Waals surface area contributed by atoms with Crippen LogP contribution in [0.15, 0.2) is 88.4 Å². The van der Waals surface area contributed by atoms with Crippen LogP contribution < -0.4 is 11.1 Å². The van der Waals surface area contributed by atoms with Crippen molar-refractivity contribution in [3.05, 3.63) is 107 Å².